The van der Waals surface area contributed by atoms with Crippen LogP contribution in [-0.4, -0.2) is 12.6 Å². The Bertz CT molecular complexity index is 248. The van der Waals surface area contributed by atoms with Crippen LogP contribution >= 0.6 is 0 Å². The highest BCUT2D eigenvalue weighted by Crippen LogP contribution is 2.52. The molecular formula is C16H31N. The van der Waals surface area contributed by atoms with E-state index in [1.165, 1.54) is 32.2 Å². The standard InChI is InChI=1S/C16H31N/c1-5-16(4,11-17-12(2)3)10-15-9-13-6-7-14(15)8-13/h12-15,17H,5-11H2,1-4H3. The molecule has 17 heavy (non-hydrogen) atoms. The van der Waals surface area contributed by atoms with Crippen molar-refractivity contribution in [3.63, 3.8) is 0 Å². The molecule has 0 saturated heterocycles. The Morgan fingerprint density at radius 3 is 2.47 bits per heavy atom. The molecule has 4 atom stereocenters. The number of rotatable bonds is 6. The molecule has 2 aliphatic carbocycles. The summed E-state index contributed by atoms with van der Waals surface area (Å²) < 4.78 is 0. The predicted molar refractivity (Wildman–Crippen MR) is 75.1 cm³/mol. The van der Waals surface area contributed by atoms with Crippen LogP contribution in [0.5, 0.6) is 0 Å². The summed E-state index contributed by atoms with van der Waals surface area (Å²) in [6.45, 7) is 10.6. The van der Waals surface area contributed by atoms with Crippen LogP contribution in [-0.2, 0) is 0 Å². The Kier molecular flexibility index (Phi) is 4.18. The second kappa shape index (κ2) is 5.30. The van der Waals surface area contributed by atoms with E-state index in [4.69, 9.17) is 0 Å². The number of fused-ring (bicyclic) bond motifs is 2. The fraction of sp³-hybridized carbons (Fsp3) is 1.00. The molecule has 0 amide bonds. The summed E-state index contributed by atoms with van der Waals surface area (Å²) in [6, 6.07) is 0.626. The first kappa shape index (κ1) is 13.4. The third kappa shape index (κ3) is 3.24. The van der Waals surface area contributed by atoms with Crippen LogP contribution in [0, 0.1) is 23.2 Å². The van der Waals surface area contributed by atoms with Gasteiger partial charge in [0.2, 0.25) is 0 Å². The fourth-order valence-corrected chi connectivity index (χ4v) is 4.05. The molecule has 2 bridgehead atoms. The van der Waals surface area contributed by atoms with Crippen molar-refractivity contribution < 1.29 is 0 Å². The summed E-state index contributed by atoms with van der Waals surface area (Å²) in [5, 5.41) is 3.66. The van der Waals surface area contributed by atoms with Gasteiger partial charge in [-0.2, -0.15) is 0 Å². The minimum Gasteiger partial charge on any atom is -0.314 e. The summed E-state index contributed by atoms with van der Waals surface area (Å²) in [5.74, 6) is 3.24. The molecule has 1 nitrogen and oxygen atoms in total. The van der Waals surface area contributed by atoms with E-state index in [0.717, 1.165) is 17.8 Å². The zero-order valence-electron chi connectivity index (χ0n) is 12.3. The molecule has 4 unspecified atom stereocenters. The highest BCUT2D eigenvalue weighted by Gasteiger charge is 2.41. The van der Waals surface area contributed by atoms with Crippen molar-refractivity contribution in [3.05, 3.63) is 0 Å². The zero-order chi connectivity index (χ0) is 12.5. The smallest absolute Gasteiger partial charge is 0.00106 e. The second-order valence-corrected chi connectivity index (χ2v) is 7.34. The van der Waals surface area contributed by atoms with Gasteiger partial charge in [-0.15, -0.1) is 0 Å². The van der Waals surface area contributed by atoms with Gasteiger partial charge in [-0.1, -0.05) is 34.1 Å². The Morgan fingerprint density at radius 2 is 2.00 bits per heavy atom. The maximum absolute atomic E-state index is 3.66. The fourth-order valence-electron chi connectivity index (χ4n) is 4.05. The third-order valence-corrected chi connectivity index (χ3v) is 5.43. The molecule has 1 N–H and O–H groups in total. The van der Waals surface area contributed by atoms with Gasteiger partial charge in [0.15, 0.2) is 0 Å². The second-order valence-electron chi connectivity index (χ2n) is 7.34. The maximum Gasteiger partial charge on any atom is 0.00106 e. The number of hydrogen-bond acceptors (Lipinski definition) is 1. The van der Waals surface area contributed by atoms with Gasteiger partial charge in [0.05, 0.1) is 0 Å². The average Bonchev–Trinajstić information content (AvgIpc) is 2.88. The largest absolute Gasteiger partial charge is 0.314 e. The Hall–Kier alpha value is -0.0400. The van der Waals surface area contributed by atoms with Crippen molar-refractivity contribution in [3.8, 4) is 0 Å². The molecule has 1 heteroatoms. The molecule has 0 aliphatic heterocycles. The van der Waals surface area contributed by atoms with Crippen molar-refractivity contribution in [1.29, 1.82) is 0 Å². The minimum absolute atomic E-state index is 0.527. The molecule has 2 saturated carbocycles. The highest BCUT2D eigenvalue weighted by atomic mass is 14.9. The average molecular weight is 237 g/mol. The molecule has 2 rings (SSSR count). The van der Waals surface area contributed by atoms with Crippen LogP contribution < -0.4 is 5.32 Å². The molecule has 0 radical (unpaired) electrons. The number of hydrogen-bond donors (Lipinski definition) is 1. The lowest BCUT2D eigenvalue weighted by atomic mass is 9.73. The summed E-state index contributed by atoms with van der Waals surface area (Å²) in [7, 11) is 0. The van der Waals surface area contributed by atoms with Crippen molar-refractivity contribution in [1.82, 2.24) is 5.32 Å². The number of nitrogens with one attached hydrogen (secondary N) is 1. The van der Waals surface area contributed by atoms with Crippen LogP contribution in [0.15, 0.2) is 0 Å². The van der Waals surface area contributed by atoms with Crippen molar-refractivity contribution in [2.75, 3.05) is 6.54 Å². The zero-order valence-corrected chi connectivity index (χ0v) is 12.3. The Morgan fingerprint density at radius 1 is 1.24 bits per heavy atom. The van der Waals surface area contributed by atoms with E-state index in [0.29, 0.717) is 11.5 Å². The van der Waals surface area contributed by atoms with Crippen molar-refractivity contribution in [2.45, 2.75) is 72.3 Å². The van der Waals surface area contributed by atoms with E-state index in [-0.39, 0.29) is 0 Å². The Labute approximate surface area is 108 Å². The molecule has 0 aromatic carbocycles. The molecule has 0 aromatic rings. The van der Waals surface area contributed by atoms with Crippen LogP contribution in [0.4, 0.5) is 0 Å². The molecule has 0 heterocycles. The van der Waals surface area contributed by atoms with Crippen molar-refractivity contribution in [2.24, 2.45) is 23.2 Å². The van der Waals surface area contributed by atoms with E-state index >= 15 is 0 Å². The first-order chi connectivity index (χ1) is 8.02. The first-order valence-electron chi connectivity index (χ1n) is 7.76. The third-order valence-electron chi connectivity index (χ3n) is 5.43. The molecule has 0 aromatic heterocycles. The lowest BCUT2D eigenvalue weighted by Gasteiger charge is -2.35. The normalized spacial score (nSPS) is 35.5. The Balaban J connectivity index is 1.85. The molecule has 2 fully saturated rings. The van der Waals surface area contributed by atoms with Gasteiger partial charge in [0.25, 0.3) is 0 Å². The van der Waals surface area contributed by atoms with Gasteiger partial charge in [0, 0.05) is 12.6 Å². The van der Waals surface area contributed by atoms with Gasteiger partial charge < -0.3 is 5.32 Å². The topological polar surface area (TPSA) is 12.0 Å². The summed E-state index contributed by atoms with van der Waals surface area (Å²) in [4.78, 5) is 0. The van der Waals surface area contributed by atoms with Gasteiger partial charge in [-0.3, -0.25) is 0 Å². The first-order valence-corrected chi connectivity index (χ1v) is 7.76. The predicted octanol–water partition coefficient (Wildman–Crippen LogP) is 4.23. The van der Waals surface area contributed by atoms with E-state index in [1.807, 2.05) is 0 Å². The van der Waals surface area contributed by atoms with E-state index in [2.05, 4.69) is 33.0 Å². The lowest BCUT2D eigenvalue weighted by molar-refractivity contribution is 0.175. The molecule has 100 valence electrons. The van der Waals surface area contributed by atoms with E-state index < -0.39 is 0 Å². The van der Waals surface area contributed by atoms with Gasteiger partial charge in [-0.25, -0.2) is 0 Å². The van der Waals surface area contributed by atoms with E-state index in [1.54, 1.807) is 12.8 Å². The lowest BCUT2D eigenvalue weighted by Crippen LogP contribution is -2.37. The van der Waals surface area contributed by atoms with Crippen LogP contribution in [0.25, 0.3) is 0 Å². The van der Waals surface area contributed by atoms with E-state index in [9.17, 15) is 0 Å². The summed E-state index contributed by atoms with van der Waals surface area (Å²) in [6.07, 6.45) is 8.95. The highest BCUT2D eigenvalue weighted by molar-refractivity contribution is 4.93. The van der Waals surface area contributed by atoms with Gasteiger partial charge in [0.1, 0.15) is 0 Å². The van der Waals surface area contributed by atoms with Gasteiger partial charge >= 0.3 is 0 Å². The van der Waals surface area contributed by atoms with Crippen LogP contribution in [0.1, 0.15) is 66.2 Å². The molecule has 2 aliphatic rings. The quantitative estimate of drug-likeness (QED) is 0.729. The molecule has 0 spiro atoms. The SMILES string of the molecule is CCC(C)(CNC(C)C)CC1CC2CCC1C2. The molecular weight excluding hydrogens is 206 g/mol. The van der Waals surface area contributed by atoms with Crippen molar-refractivity contribution >= 4 is 0 Å². The summed E-state index contributed by atoms with van der Waals surface area (Å²) in [5.41, 5.74) is 0.527. The maximum atomic E-state index is 3.66. The minimum atomic E-state index is 0.527. The summed E-state index contributed by atoms with van der Waals surface area (Å²) >= 11 is 0. The van der Waals surface area contributed by atoms with Gasteiger partial charge in [-0.05, 0) is 55.3 Å². The van der Waals surface area contributed by atoms with Crippen LogP contribution in [0.3, 0.4) is 0 Å². The monoisotopic (exact) mass is 237 g/mol. The van der Waals surface area contributed by atoms with Crippen LogP contribution in [0.2, 0.25) is 0 Å².